The first-order valence-electron chi connectivity index (χ1n) is 10.4. The Balaban J connectivity index is 1.70. The van der Waals surface area contributed by atoms with E-state index in [0.29, 0.717) is 39.8 Å². The number of aryl methyl sites for hydroxylation is 2. The second-order valence-corrected chi connectivity index (χ2v) is 9.52. The van der Waals surface area contributed by atoms with Crippen LogP contribution in [0.15, 0.2) is 36.0 Å². The van der Waals surface area contributed by atoms with E-state index in [1.807, 2.05) is 48.9 Å². The fourth-order valence-electron chi connectivity index (χ4n) is 3.18. The third kappa shape index (κ3) is 4.83. The third-order valence-corrected chi connectivity index (χ3v) is 6.83. The highest BCUT2D eigenvalue weighted by Crippen LogP contribution is 2.39. The molecule has 2 unspecified atom stereocenters. The van der Waals surface area contributed by atoms with E-state index in [2.05, 4.69) is 29.9 Å². The van der Waals surface area contributed by atoms with Gasteiger partial charge in [0.25, 0.3) is 0 Å². The van der Waals surface area contributed by atoms with Crippen molar-refractivity contribution >= 4 is 29.2 Å². The van der Waals surface area contributed by atoms with Gasteiger partial charge >= 0.3 is 0 Å². The lowest BCUT2D eigenvalue weighted by atomic mass is 10.2. The van der Waals surface area contributed by atoms with Crippen molar-refractivity contribution in [2.75, 3.05) is 18.9 Å². The van der Waals surface area contributed by atoms with Crippen LogP contribution in [0.2, 0.25) is 0 Å². The zero-order chi connectivity index (χ0) is 24.2. The van der Waals surface area contributed by atoms with E-state index in [1.165, 1.54) is 23.3 Å². The minimum Gasteiger partial charge on any atom is -0.494 e. The molecule has 3 aromatic heterocycles. The molecule has 0 amide bonds. The van der Waals surface area contributed by atoms with Crippen molar-refractivity contribution < 1.29 is 14.6 Å². The fraction of sp³-hybridized carbons (Fsp3) is 0.318. The van der Waals surface area contributed by atoms with Crippen molar-refractivity contribution in [3.05, 3.63) is 53.1 Å². The van der Waals surface area contributed by atoms with Crippen LogP contribution in [0.5, 0.6) is 11.5 Å². The van der Waals surface area contributed by atoms with Gasteiger partial charge in [-0.1, -0.05) is 6.07 Å². The summed E-state index contributed by atoms with van der Waals surface area (Å²) in [6.07, 6.45) is 2.49. The molecule has 2 N–H and O–H groups in total. The molecular formula is C22H25N7O3S2. The number of nitrogens with zero attached hydrogens (tertiary/aromatic N) is 6. The molecule has 0 saturated carbocycles. The van der Waals surface area contributed by atoms with E-state index in [0.717, 1.165) is 11.3 Å². The molecule has 0 radical (unpaired) electrons. The van der Waals surface area contributed by atoms with Crippen LogP contribution >= 0.6 is 23.3 Å². The Morgan fingerprint density at radius 1 is 1.09 bits per heavy atom. The first-order valence-corrected chi connectivity index (χ1v) is 12.2. The third-order valence-electron chi connectivity index (χ3n) is 4.94. The normalized spacial score (nSPS) is 12.9. The first kappa shape index (κ1) is 23.9. The molecule has 1 aromatic carbocycles. The van der Waals surface area contributed by atoms with E-state index in [1.54, 1.807) is 26.6 Å². The summed E-state index contributed by atoms with van der Waals surface area (Å²) >= 11 is 2.76. The Hall–Kier alpha value is -3.22. The largest absolute Gasteiger partial charge is 0.494 e. The van der Waals surface area contributed by atoms with Gasteiger partial charge in [0.1, 0.15) is 23.3 Å². The average molecular weight is 500 g/mol. The van der Waals surface area contributed by atoms with E-state index < -0.39 is 6.10 Å². The molecule has 3 heterocycles. The standard InChI is InChI=1S/C22H25N7O3S2/c1-12-9-23-19(24-10-12)18(30)14(3)34-28-22-27-26-20(21-25-13(2)11-33-21)29(22)17-15(31-4)7-6-8-16(17)32-5/h6-11,14,18,30H,1-5H3,(H,27,28). The number of thiazole rings is 1. The highest BCUT2D eigenvalue weighted by atomic mass is 32.2. The highest BCUT2D eigenvalue weighted by molar-refractivity contribution is 8.01. The van der Waals surface area contributed by atoms with E-state index in [-0.39, 0.29) is 5.25 Å². The van der Waals surface area contributed by atoms with Crippen molar-refractivity contribution in [1.29, 1.82) is 0 Å². The second kappa shape index (κ2) is 10.4. The van der Waals surface area contributed by atoms with Crippen LogP contribution in [0.3, 0.4) is 0 Å². The molecular weight excluding hydrogens is 474 g/mol. The first-order chi connectivity index (χ1) is 16.4. The molecule has 0 fully saturated rings. The van der Waals surface area contributed by atoms with Gasteiger partial charge in [-0.15, -0.1) is 21.5 Å². The van der Waals surface area contributed by atoms with Crippen LogP contribution < -0.4 is 14.2 Å². The SMILES string of the molecule is COc1cccc(OC)c1-n1c(NSC(C)C(O)c2ncc(C)cn2)nnc1-c1nc(C)cs1. The molecule has 0 aliphatic carbocycles. The lowest BCUT2D eigenvalue weighted by Crippen LogP contribution is -2.17. The summed E-state index contributed by atoms with van der Waals surface area (Å²) in [6.45, 7) is 5.70. The van der Waals surface area contributed by atoms with Gasteiger partial charge < -0.3 is 14.6 Å². The number of ether oxygens (including phenoxy) is 2. The fourth-order valence-corrected chi connectivity index (χ4v) is 4.63. The molecule has 4 aromatic rings. The van der Waals surface area contributed by atoms with Crippen molar-refractivity contribution in [1.82, 2.24) is 29.7 Å². The van der Waals surface area contributed by atoms with Gasteiger partial charge in [0.15, 0.2) is 16.7 Å². The topological polar surface area (TPSA) is 120 Å². The Morgan fingerprint density at radius 2 is 1.76 bits per heavy atom. The number of para-hydroxylation sites is 1. The summed E-state index contributed by atoms with van der Waals surface area (Å²) in [7, 11) is 3.19. The van der Waals surface area contributed by atoms with E-state index in [9.17, 15) is 5.11 Å². The van der Waals surface area contributed by atoms with Crippen LogP contribution in [-0.2, 0) is 0 Å². The summed E-state index contributed by atoms with van der Waals surface area (Å²) < 4.78 is 16.3. The van der Waals surface area contributed by atoms with Gasteiger partial charge in [-0.25, -0.2) is 15.0 Å². The molecule has 0 spiro atoms. The minimum absolute atomic E-state index is 0.294. The Kier molecular flexibility index (Phi) is 7.29. The number of aliphatic hydroxyl groups excluding tert-OH is 1. The van der Waals surface area contributed by atoms with Crippen molar-refractivity contribution in [3.8, 4) is 28.0 Å². The molecule has 12 heteroatoms. The smallest absolute Gasteiger partial charge is 0.239 e. The second-order valence-electron chi connectivity index (χ2n) is 7.48. The number of rotatable bonds is 9. The molecule has 4 rings (SSSR count). The van der Waals surface area contributed by atoms with E-state index >= 15 is 0 Å². The van der Waals surface area contributed by atoms with Gasteiger partial charge in [0, 0.05) is 23.5 Å². The van der Waals surface area contributed by atoms with Gasteiger partial charge in [0.2, 0.25) is 5.95 Å². The van der Waals surface area contributed by atoms with E-state index in [4.69, 9.17) is 9.47 Å². The lowest BCUT2D eigenvalue weighted by Gasteiger charge is -2.19. The van der Waals surface area contributed by atoms with Crippen LogP contribution in [0, 0.1) is 13.8 Å². The molecule has 2 atom stereocenters. The molecule has 0 aliphatic rings. The van der Waals surface area contributed by atoms with Gasteiger partial charge in [-0.05, 0) is 50.4 Å². The zero-order valence-electron chi connectivity index (χ0n) is 19.4. The van der Waals surface area contributed by atoms with Crippen LogP contribution in [0.25, 0.3) is 16.5 Å². The average Bonchev–Trinajstić information content (AvgIpc) is 3.47. The number of hydrogen-bond acceptors (Lipinski definition) is 11. The predicted octanol–water partition coefficient (Wildman–Crippen LogP) is 4.00. The van der Waals surface area contributed by atoms with Gasteiger partial charge in [-0.2, -0.15) is 0 Å². The summed E-state index contributed by atoms with van der Waals surface area (Å²) in [4.78, 5) is 13.1. The number of aromatic nitrogens is 6. The van der Waals surface area contributed by atoms with Crippen LogP contribution in [0.4, 0.5) is 5.95 Å². The molecule has 0 saturated heterocycles. The number of nitrogens with one attached hydrogen (secondary N) is 1. The molecule has 0 bridgehead atoms. The Morgan fingerprint density at radius 3 is 2.35 bits per heavy atom. The Bertz CT molecular complexity index is 1240. The summed E-state index contributed by atoms with van der Waals surface area (Å²) in [5.41, 5.74) is 2.46. The van der Waals surface area contributed by atoms with Gasteiger partial charge in [-0.3, -0.25) is 9.29 Å². The molecule has 178 valence electrons. The number of benzene rings is 1. The summed E-state index contributed by atoms with van der Waals surface area (Å²) in [6, 6.07) is 5.53. The lowest BCUT2D eigenvalue weighted by molar-refractivity contribution is 0.169. The maximum absolute atomic E-state index is 10.7. The van der Waals surface area contributed by atoms with Crippen LogP contribution in [-0.4, -0.2) is 54.3 Å². The predicted molar refractivity (Wildman–Crippen MR) is 133 cm³/mol. The number of anilines is 1. The zero-order valence-corrected chi connectivity index (χ0v) is 21.0. The quantitative estimate of drug-likeness (QED) is 0.327. The number of hydrogen-bond donors (Lipinski definition) is 2. The number of aliphatic hydroxyl groups is 1. The highest BCUT2D eigenvalue weighted by Gasteiger charge is 2.26. The summed E-state index contributed by atoms with van der Waals surface area (Å²) in [5, 5.41) is 21.9. The molecule has 34 heavy (non-hydrogen) atoms. The summed E-state index contributed by atoms with van der Waals surface area (Å²) in [5.74, 6) is 2.50. The van der Waals surface area contributed by atoms with Crippen molar-refractivity contribution in [3.63, 3.8) is 0 Å². The molecule has 0 aliphatic heterocycles. The minimum atomic E-state index is -0.878. The maximum atomic E-state index is 10.7. The van der Waals surface area contributed by atoms with Gasteiger partial charge in [0.05, 0.1) is 19.5 Å². The number of methoxy groups -OCH3 is 2. The Labute approximate surface area is 205 Å². The monoisotopic (exact) mass is 499 g/mol. The maximum Gasteiger partial charge on any atom is 0.239 e. The van der Waals surface area contributed by atoms with Crippen molar-refractivity contribution in [2.45, 2.75) is 32.1 Å². The van der Waals surface area contributed by atoms with Crippen LogP contribution in [0.1, 0.15) is 30.1 Å². The molecule has 10 nitrogen and oxygen atoms in total. The van der Waals surface area contributed by atoms with Crippen molar-refractivity contribution in [2.24, 2.45) is 0 Å².